The third-order valence-corrected chi connectivity index (χ3v) is 5.01. The molecule has 0 N–H and O–H groups in total. The molecule has 0 bridgehead atoms. The SMILES string of the molecule is Cn1cc(C(C)(C)CCC(C)(C)c2nccs2)cn1. The minimum atomic E-state index is 0.146. The Labute approximate surface area is 119 Å². The lowest BCUT2D eigenvalue weighted by Gasteiger charge is -2.29. The summed E-state index contributed by atoms with van der Waals surface area (Å²) in [5.41, 5.74) is 1.61. The van der Waals surface area contributed by atoms with Crippen LogP contribution in [0.1, 0.15) is 51.1 Å². The monoisotopic (exact) mass is 277 g/mol. The summed E-state index contributed by atoms with van der Waals surface area (Å²) in [4.78, 5) is 4.47. The van der Waals surface area contributed by atoms with E-state index in [0.29, 0.717) is 0 Å². The van der Waals surface area contributed by atoms with E-state index in [0.717, 1.165) is 12.8 Å². The second kappa shape index (κ2) is 5.08. The molecule has 0 amide bonds. The van der Waals surface area contributed by atoms with Gasteiger partial charge in [-0.05, 0) is 23.8 Å². The van der Waals surface area contributed by atoms with Crippen LogP contribution in [0.2, 0.25) is 0 Å². The highest BCUT2D eigenvalue weighted by molar-refractivity contribution is 7.09. The second-order valence-corrected chi connectivity index (χ2v) is 7.40. The van der Waals surface area contributed by atoms with E-state index in [1.165, 1.54) is 10.6 Å². The fraction of sp³-hybridized carbons (Fsp3) is 0.600. The Balaban J connectivity index is 2.05. The smallest absolute Gasteiger partial charge is 0.0981 e. The van der Waals surface area contributed by atoms with Gasteiger partial charge in [-0.15, -0.1) is 11.3 Å². The lowest BCUT2D eigenvalue weighted by atomic mass is 9.76. The maximum atomic E-state index is 4.47. The van der Waals surface area contributed by atoms with Gasteiger partial charge in [-0.3, -0.25) is 4.68 Å². The Morgan fingerprint density at radius 1 is 1.16 bits per heavy atom. The van der Waals surface area contributed by atoms with Gasteiger partial charge < -0.3 is 0 Å². The van der Waals surface area contributed by atoms with Crippen LogP contribution in [-0.2, 0) is 17.9 Å². The third-order valence-electron chi connectivity index (χ3n) is 3.87. The Hall–Kier alpha value is -1.16. The molecule has 0 atom stereocenters. The Bertz CT molecular complexity index is 523. The number of rotatable bonds is 5. The van der Waals surface area contributed by atoms with Gasteiger partial charge in [0.25, 0.3) is 0 Å². The van der Waals surface area contributed by atoms with Crippen LogP contribution >= 0.6 is 11.3 Å². The third kappa shape index (κ3) is 3.24. The Morgan fingerprint density at radius 3 is 2.37 bits per heavy atom. The van der Waals surface area contributed by atoms with Crippen molar-refractivity contribution >= 4 is 11.3 Å². The van der Waals surface area contributed by atoms with Crippen molar-refractivity contribution in [2.45, 2.75) is 51.4 Å². The van der Waals surface area contributed by atoms with Gasteiger partial charge in [-0.2, -0.15) is 5.10 Å². The minimum absolute atomic E-state index is 0.146. The maximum absolute atomic E-state index is 4.47. The quantitative estimate of drug-likeness (QED) is 0.829. The summed E-state index contributed by atoms with van der Waals surface area (Å²) in [6.07, 6.45) is 8.26. The average Bonchev–Trinajstić information content (AvgIpc) is 2.97. The summed E-state index contributed by atoms with van der Waals surface area (Å²) >= 11 is 1.75. The fourth-order valence-corrected chi connectivity index (χ4v) is 3.00. The van der Waals surface area contributed by atoms with E-state index < -0.39 is 0 Å². The lowest BCUT2D eigenvalue weighted by Crippen LogP contribution is -2.24. The van der Waals surface area contributed by atoms with Crippen LogP contribution in [0, 0.1) is 0 Å². The van der Waals surface area contributed by atoms with Crippen molar-refractivity contribution in [3.05, 3.63) is 34.5 Å². The van der Waals surface area contributed by atoms with Crippen molar-refractivity contribution in [2.24, 2.45) is 7.05 Å². The van der Waals surface area contributed by atoms with Crippen LogP contribution in [0.25, 0.3) is 0 Å². The number of aryl methyl sites for hydroxylation is 1. The molecule has 0 aliphatic heterocycles. The molecule has 0 fully saturated rings. The zero-order valence-corrected chi connectivity index (χ0v) is 13.3. The van der Waals surface area contributed by atoms with Crippen molar-refractivity contribution in [1.82, 2.24) is 14.8 Å². The summed E-state index contributed by atoms with van der Waals surface area (Å²) in [6.45, 7) is 9.15. The van der Waals surface area contributed by atoms with Gasteiger partial charge in [0.05, 0.1) is 11.2 Å². The normalized spacial score (nSPS) is 12.9. The number of hydrogen-bond donors (Lipinski definition) is 0. The molecule has 0 spiro atoms. The van der Waals surface area contributed by atoms with E-state index in [1.807, 2.05) is 24.1 Å². The van der Waals surface area contributed by atoms with E-state index in [-0.39, 0.29) is 10.8 Å². The van der Waals surface area contributed by atoms with Crippen LogP contribution in [0.5, 0.6) is 0 Å². The van der Waals surface area contributed by atoms with Crippen LogP contribution in [0.3, 0.4) is 0 Å². The van der Waals surface area contributed by atoms with Gasteiger partial charge in [0.2, 0.25) is 0 Å². The van der Waals surface area contributed by atoms with E-state index in [2.05, 4.69) is 49.4 Å². The molecule has 2 aromatic heterocycles. The van der Waals surface area contributed by atoms with Gasteiger partial charge in [-0.25, -0.2) is 4.98 Å². The molecule has 19 heavy (non-hydrogen) atoms. The lowest BCUT2D eigenvalue weighted by molar-refractivity contribution is 0.374. The molecule has 0 aliphatic rings. The van der Waals surface area contributed by atoms with E-state index in [1.54, 1.807) is 11.3 Å². The summed E-state index contributed by atoms with van der Waals surface area (Å²) in [5, 5.41) is 7.57. The molecule has 0 unspecified atom stereocenters. The van der Waals surface area contributed by atoms with Gasteiger partial charge in [0.1, 0.15) is 0 Å². The highest BCUT2D eigenvalue weighted by atomic mass is 32.1. The highest BCUT2D eigenvalue weighted by Crippen LogP contribution is 2.36. The van der Waals surface area contributed by atoms with Crippen LogP contribution in [0.15, 0.2) is 24.0 Å². The van der Waals surface area contributed by atoms with Crippen LogP contribution < -0.4 is 0 Å². The standard InChI is InChI=1S/C15H23N3S/c1-14(2,12-10-17-18(5)11-12)6-7-15(3,4)13-16-8-9-19-13/h8-11H,6-7H2,1-5H3. The largest absolute Gasteiger partial charge is 0.276 e. The summed E-state index contributed by atoms with van der Waals surface area (Å²) < 4.78 is 1.88. The zero-order chi connectivity index (χ0) is 14.1. The van der Waals surface area contributed by atoms with Gasteiger partial charge in [0, 0.05) is 30.2 Å². The first-order valence-electron chi connectivity index (χ1n) is 6.70. The van der Waals surface area contributed by atoms with Crippen LogP contribution in [-0.4, -0.2) is 14.8 Å². The predicted molar refractivity (Wildman–Crippen MR) is 80.6 cm³/mol. The van der Waals surface area contributed by atoms with Crippen molar-refractivity contribution in [2.75, 3.05) is 0 Å². The number of nitrogens with zero attached hydrogens (tertiary/aromatic N) is 3. The summed E-state index contributed by atoms with van der Waals surface area (Å²) in [6, 6.07) is 0. The van der Waals surface area contributed by atoms with Crippen LogP contribution in [0.4, 0.5) is 0 Å². The minimum Gasteiger partial charge on any atom is -0.276 e. The number of aromatic nitrogens is 3. The Morgan fingerprint density at radius 2 is 1.84 bits per heavy atom. The van der Waals surface area contributed by atoms with E-state index >= 15 is 0 Å². The molecule has 0 saturated carbocycles. The number of hydrogen-bond acceptors (Lipinski definition) is 3. The molecule has 3 nitrogen and oxygen atoms in total. The highest BCUT2D eigenvalue weighted by Gasteiger charge is 2.29. The van der Waals surface area contributed by atoms with Gasteiger partial charge in [-0.1, -0.05) is 27.7 Å². The molecule has 0 aromatic carbocycles. The summed E-state index contributed by atoms with van der Waals surface area (Å²) in [5.74, 6) is 0. The zero-order valence-electron chi connectivity index (χ0n) is 12.5. The van der Waals surface area contributed by atoms with Crippen molar-refractivity contribution in [1.29, 1.82) is 0 Å². The first-order chi connectivity index (χ1) is 8.81. The Kier molecular flexibility index (Phi) is 3.81. The molecule has 2 heterocycles. The fourth-order valence-electron chi connectivity index (χ4n) is 2.20. The molecule has 0 saturated heterocycles. The molecule has 2 rings (SSSR count). The maximum Gasteiger partial charge on any atom is 0.0981 e. The summed E-state index contributed by atoms with van der Waals surface area (Å²) in [7, 11) is 1.97. The molecule has 104 valence electrons. The molecule has 2 aromatic rings. The average molecular weight is 277 g/mol. The molecular formula is C15H23N3S. The molecule has 4 heteroatoms. The molecule has 0 aliphatic carbocycles. The topological polar surface area (TPSA) is 30.7 Å². The van der Waals surface area contributed by atoms with E-state index in [4.69, 9.17) is 0 Å². The first-order valence-corrected chi connectivity index (χ1v) is 7.58. The number of thiazole rings is 1. The van der Waals surface area contributed by atoms with Gasteiger partial charge in [0.15, 0.2) is 0 Å². The van der Waals surface area contributed by atoms with Crippen molar-refractivity contribution in [3.63, 3.8) is 0 Å². The second-order valence-electron chi connectivity index (χ2n) is 6.51. The molecular weight excluding hydrogens is 254 g/mol. The van der Waals surface area contributed by atoms with Crippen molar-refractivity contribution in [3.8, 4) is 0 Å². The predicted octanol–water partition coefficient (Wildman–Crippen LogP) is 3.91. The molecule has 0 radical (unpaired) electrons. The van der Waals surface area contributed by atoms with E-state index in [9.17, 15) is 0 Å². The van der Waals surface area contributed by atoms with Gasteiger partial charge >= 0.3 is 0 Å². The first kappa shape index (κ1) is 14.3. The van der Waals surface area contributed by atoms with Crippen molar-refractivity contribution < 1.29 is 0 Å².